The van der Waals surface area contributed by atoms with Crippen molar-refractivity contribution in [3.05, 3.63) is 76.1 Å². The van der Waals surface area contributed by atoms with Gasteiger partial charge in [-0.1, -0.05) is 13.0 Å². The highest BCUT2D eigenvalue weighted by Gasteiger charge is 2.21. The van der Waals surface area contributed by atoms with Crippen LogP contribution in [0.5, 0.6) is 0 Å². The fraction of sp³-hybridized carbons (Fsp3) is 0.250. The molecule has 1 aromatic heterocycles. The highest BCUT2D eigenvalue weighted by atomic mass is 16.6. The molecule has 0 fully saturated rings. The van der Waals surface area contributed by atoms with E-state index in [1.807, 2.05) is 6.07 Å². The molecule has 0 aliphatic heterocycles. The van der Waals surface area contributed by atoms with Gasteiger partial charge in [0.15, 0.2) is 0 Å². The molecule has 0 aliphatic rings. The van der Waals surface area contributed by atoms with E-state index in [0.29, 0.717) is 11.3 Å². The Morgan fingerprint density at radius 2 is 1.96 bits per heavy atom. The highest BCUT2D eigenvalue weighted by Crippen LogP contribution is 2.14. The van der Waals surface area contributed by atoms with Gasteiger partial charge in [0.2, 0.25) is 5.91 Å². The number of hydrogen-bond donors (Lipinski definition) is 0. The summed E-state index contributed by atoms with van der Waals surface area (Å²) in [7, 11) is 1.30. The zero-order valence-corrected chi connectivity index (χ0v) is 15.6. The molecule has 0 saturated heterocycles. The molecule has 28 heavy (non-hydrogen) atoms. The van der Waals surface area contributed by atoms with Crippen LogP contribution in [-0.4, -0.2) is 40.3 Å². The first kappa shape index (κ1) is 20.8. The number of nitro benzene ring substituents is 1. The number of ether oxygens (including phenoxy) is 1. The molecule has 0 saturated carbocycles. The first-order valence-electron chi connectivity index (χ1n) is 8.60. The maximum Gasteiger partial charge on any atom is 0.310 e. The zero-order chi connectivity index (χ0) is 20.5. The van der Waals surface area contributed by atoms with Gasteiger partial charge in [0, 0.05) is 31.0 Å². The molecule has 8 heteroatoms. The third-order valence-corrected chi connectivity index (χ3v) is 4.01. The predicted octanol–water partition coefficient (Wildman–Crippen LogP) is 2.84. The molecule has 1 unspecified atom stereocenters. The van der Waals surface area contributed by atoms with Crippen LogP contribution in [-0.2, 0) is 20.9 Å². The summed E-state index contributed by atoms with van der Waals surface area (Å²) in [5.41, 5.74) is 1.32. The summed E-state index contributed by atoms with van der Waals surface area (Å²) in [6.45, 7) is 2.10. The van der Waals surface area contributed by atoms with Crippen LogP contribution in [0.2, 0.25) is 0 Å². The van der Waals surface area contributed by atoms with E-state index in [2.05, 4.69) is 4.98 Å². The van der Waals surface area contributed by atoms with Crippen LogP contribution < -0.4 is 0 Å². The quantitative estimate of drug-likeness (QED) is 0.301. The van der Waals surface area contributed by atoms with Crippen molar-refractivity contribution in [2.75, 3.05) is 13.7 Å². The SMILES string of the molecule is COC(=O)C(C)CN(Cc1ccccn1)C(=O)/C=C/c1ccc([N+](=O)[O-])cc1. The molecule has 1 heterocycles. The van der Waals surface area contributed by atoms with Crippen LogP contribution in [0.15, 0.2) is 54.7 Å². The standard InChI is InChI=1S/C20H21N3O5/c1-15(20(25)28-2)13-22(14-17-5-3-4-12-21-17)19(24)11-8-16-6-9-18(10-7-16)23(26)27/h3-12,15H,13-14H2,1-2H3/b11-8+. The molecule has 1 atom stereocenters. The molecule has 146 valence electrons. The topological polar surface area (TPSA) is 103 Å². The number of pyridine rings is 1. The molecule has 1 aromatic carbocycles. The van der Waals surface area contributed by atoms with E-state index < -0.39 is 16.8 Å². The summed E-state index contributed by atoms with van der Waals surface area (Å²) in [6.07, 6.45) is 4.57. The molecule has 2 rings (SSSR count). The Kier molecular flexibility index (Phi) is 7.38. The number of hydrogen-bond acceptors (Lipinski definition) is 6. The van der Waals surface area contributed by atoms with E-state index in [1.165, 1.54) is 30.2 Å². The van der Waals surface area contributed by atoms with Gasteiger partial charge in [-0.3, -0.25) is 24.7 Å². The second-order valence-corrected chi connectivity index (χ2v) is 6.15. The monoisotopic (exact) mass is 383 g/mol. The zero-order valence-electron chi connectivity index (χ0n) is 15.6. The van der Waals surface area contributed by atoms with Gasteiger partial charge < -0.3 is 9.64 Å². The summed E-state index contributed by atoms with van der Waals surface area (Å²) < 4.78 is 4.74. The van der Waals surface area contributed by atoms with Crippen LogP contribution in [0.3, 0.4) is 0 Å². The van der Waals surface area contributed by atoms with Gasteiger partial charge in [-0.05, 0) is 35.9 Å². The number of amides is 1. The average molecular weight is 383 g/mol. The smallest absolute Gasteiger partial charge is 0.310 e. The van der Waals surface area contributed by atoms with Gasteiger partial charge in [-0.25, -0.2) is 0 Å². The summed E-state index contributed by atoms with van der Waals surface area (Å²) in [5.74, 6) is -1.21. The van der Waals surface area contributed by atoms with E-state index in [4.69, 9.17) is 4.74 Å². The lowest BCUT2D eigenvalue weighted by Gasteiger charge is -2.23. The highest BCUT2D eigenvalue weighted by molar-refractivity contribution is 5.92. The summed E-state index contributed by atoms with van der Waals surface area (Å²) in [6, 6.07) is 11.3. The van der Waals surface area contributed by atoms with Crippen LogP contribution in [0.4, 0.5) is 5.69 Å². The maximum absolute atomic E-state index is 12.7. The minimum absolute atomic E-state index is 0.0212. The van der Waals surface area contributed by atoms with Crippen molar-refractivity contribution in [3.8, 4) is 0 Å². The average Bonchev–Trinajstić information content (AvgIpc) is 2.71. The van der Waals surface area contributed by atoms with Crippen molar-refractivity contribution in [2.24, 2.45) is 5.92 Å². The van der Waals surface area contributed by atoms with E-state index in [1.54, 1.807) is 43.5 Å². The molecular formula is C20H21N3O5. The third kappa shape index (κ3) is 6.01. The normalized spacial score (nSPS) is 11.8. The van der Waals surface area contributed by atoms with Crippen LogP contribution in [0.1, 0.15) is 18.2 Å². The molecule has 2 aromatic rings. The van der Waals surface area contributed by atoms with Gasteiger partial charge in [0.05, 0.1) is 30.2 Å². The van der Waals surface area contributed by atoms with Crippen molar-refractivity contribution in [2.45, 2.75) is 13.5 Å². The minimum Gasteiger partial charge on any atom is -0.469 e. The van der Waals surface area contributed by atoms with Gasteiger partial charge in [-0.15, -0.1) is 0 Å². The lowest BCUT2D eigenvalue weighted by Crippen LogP contribution is -2.36. The molecule has 0 N–H and O–H groups in total. The second-order valence-electron chi connectivity index (χ2n) is 6.15. The molecule has 0 aliphatic carbocycles. The molecule has 0 spiro atoms. The fourth-order valence-electron chi connectivity index (χ4n) is 2.51. The first-order chi connectivity index (χ1) is 13.4. The van der Waals surface area contributed by atoms with E-state index in [-0.39, 0.29) is 24.7 Å². The van der Waals surface area contributed by atoms with E-state index in [9.17, 15) is 19.7 Å². The number of aromatic nitrogens is 1. The lowest BCUT2D eigenvalue weighted by molar-refractivity contribution is -0.384. The third-order valence-electron chi connectivity index (χ3n) is 4.01. The number of nitrogens with zero attached hydrogens (tertiary/aromatic N) is 3. The lowest BCUT2D eigenvalue weighted by atomic mass is 10.1. The maximum atomic E-state index is 12.7. The van der Waals surface area contributed by atoms with Gasteiger partial charge in [0.1, 0.15) is 0 Å². The summed E-state index contributed by atoms with van der Waals surface area (Å²) in [4.78, 5) is 40.4. The van der Waals surface area contributed by atoms with Crippen molar-refractivity contribution < 1.29 is 19.2 Å². The largest absolute Gasteiger partial charge is 0.469 e. The van der Waals surface area contributed by atoms with Gasteiger partial charge in [0.25, 0.3) is 5.69 Å². The Hall–Kier alpha value is -3.55. The summed E-state index contributed by atoms with van der Waals surface area (Å²) >= 11 is 0. The number of nitro groups is 1. The number of carbonyl (C=O) groups excluding carboxylic acids is 2. The Bertz CT molecular complexity index is 850. The van der Waals surface area contributed by atoms with Crippen LogP contribution >= 0.6 is 0 Å². The number of rotatable bonds is 8. The van der Waals surface area contributed by atoms with Gasteiger partial charge in [-0.2, -0.15) is 0 Å². The Labute approximate surface area is 162 Å². The number of carbonyl (C=O) groups is 2. The predicted molar refractivity (Wildman–Crippen MR) is 103 cm³/mol. The number of esters is 1. The number of methoxy groups -OCH3 is 1. The number of benzene rings is 1. The van der Waals surface area contributed by atoms with Gasteiger partial charge >= 0.3 is 5.97 Å². The molecule has 0 bridgehead atoms. The van der Waals surface area contributed by atoms with E-state index >= 15 is 0 Å². The van der Waals surface area contributed by atoms with Crippen molar-refractivity contribution in [3.63, 3.8) is 0 Å². The Morgan fingerprint density at radius 3 is 2.54 bits per heavy atom. The van der Waals surface area contributed by atoms with E-state index in [0.717, 1.165) is 0 Å². The van der Waals surface area contributed by atoms with Crippen molar-refractivity contribution >= 4 is 23.6 Å². The van der Waals surface area contributed by atoms with Crippen molar-refractivity contribution in [1.82, 2.24) is 9.88 Å². The Balaban J connectivity index is 2.14. The fourth-order valence-corrected chi connectivity index (χ4v) is 2.51. The Morgan fingerprint density at radius 1 is 1.25 bits per heavy atom. The second kappa shape index (κ2) is 9.96. The molecule has 1 amide bonds. The summed E-state index contributed by atoms with van der Waals surface area (Å²) in [5, 5.41) is 10.7. The minimum atomic E-state index is -0.495. The molecule has 0 radical (unpaired) electrons. The van der Waals surface area contributed by atoms with Crippen LogP contribution in [0.25, 0.3) is 6.08 Å². The molecular weight excluding hydrogens is 362 g/mol. The first-order valence-corrected chi connectivity index (χ1v) is 8.60. The number of non-ortho nitro benzene ring substituents is 1. The van der Waals surface area contributed by atoms with Crippen molar-refractivity contribution in [1.29, 1.82) is 0 Å². The van der Waals surface area contributed by atoms with Crippen LogP contribution in [0, 0.1) is 16.0 Å². The molecule has 8 nitrogen and oxygen atoms in total.